The minimum Gasteiger partial charge on any atom is -0.463 e. The Kier molecular flexibility index (Phi) is 63.1. The summed E-state index contributed by atoms with van der Waals surface area (Å²) in [7, 11) is -9.80. The predicted octanol–water partition coefficient (Wildman–Crippen LogP) is 19.4. The van der Waals surface area contributed by atoms with E-state index in [1.54, 1.807) is 0 Å². The number of aliphatic hydroxyl groups excluding tert-OH is 2. The van der Waals surface area contributed by atoms with Crippen molar-refractivity contribution in [2.75, 3.05) is 39.6 Å². The van der Waals surface area contributed by atoms with E-state index in [2.05, 4.69) is 142 Å². The van der Waals surface area contributed by atoms with Gasteiger partial charge >= 0.3 is 33.6 Å². The van der Waals surface area contributed by atoms with E-state index in [0.29, 0.717) is 19.3 Å². The minimum absolute atomic E-state index is 0.0838. The summed E-state index contributed by atoms with van der Waals surface area (Å²) in [5, 5.41) is 20.6. The number of esters is 3. The number of hydrogen-bond donors (Lipinski definition) is 4. The second-order valence-electron chi connectivity index (χ2n) is 22.9. The second kappa shape index (κ2) is 66.0. The molecule has 0 aromatic carbocycles. The fraction of sp³-hybridized carbons (Fsp3) is 0.685. The molecule has 0 aromatic rings. The van der Waals surface area contributed by atoms with Crippen molar-refractivity contribution in [3.05, 3.63) is 122 Å². The monoisotopic (exact) mass is 1320 g/mol. The Labute approximate surface area is 551 Å². The normalized spacial score (nSPS) is 14.9. The first kappa shape index (κ1) is 87.0. The van der Waals surface area contributed by atoms with Crippen LogP contribution in [-0.4, -0.2) is 95.9 Å². The lowest BCUT2D eigenvalue weighted by Crippen LogP contribution is -2.30. The SMILES string of the molecule is CC/C=C\C/C=C\C/C=C\C/C=C\C/C=C\CCCCCC(=O)OCC(COP(=O)(O)OCC(O)COP(=O)(O)OCC(O)COC(=O)CCCCCCC/C=C\C/C=C\C/C=C\C/C=C\CCCCC)OC(=O)CCCCCCC/C=C\CCCCCCCC. The highest BCUT2D eigenvalue weighted by Gasteiger charge is 2.29. The average Bonchev–Trinajstić information content (AvgIpc) is 3.08. The van der Waals surface area contributed by atoms with Crippen LogP contribution in [0.3, 0.4) is 0 Å². The lowest BCUT2D eigenvalue weighted by atomic mass is 10.1. The maximum Gasteiger partial charge on any atom is 0.472 e. The van der Waals surface area contributed by atoms with Gasteiger partial charge in [-0.3, -0.25) is 32.5 Å². The predicted molar refractivity (Wildman–Crippen MR) is 371 cm³/mol. The first-order valence-corrected chi connectivity index (χ1v) is 37.8. The summed E-state index contributed by atoms with van der Waals surface area (Å²) >= 11 is 0. The lowest BCUT2D eigenvalue weighted by molar-refractivity contribution is -0.161. The molecule has 0 amide bonds. The van der Waals surface area contributed by atoms with Gasteiger partial charge in [-0.2, -0.15) is 0 Å². The zero-order valence-electron chi connectivity index (χ0n) is 56.5. The molecule has 0 fully saturated rings. The Morgan fingerprint density at radius 2 is 0.582 bits per heavy atom. The van der Waals surface area contributed by atoms with Crippen molar-refractivity contribution >= 4 is 33.6 Å². The number of allylic oxidation sites excluding steroid dienone is 20. The van der Waals surface area contributed by atoms with Crippen molar-refractivity contribution in [1.29, 1.82) is 0 Å². The van der Waals surface area contributed by atoms with E-state index in [1.165, 1.54) is 64.2 Å². The fourth-order valence-corrected chi connectivity index (χ4v) is 10.4. The molecular weight excluding hydrogens is 1190 g/mol. The van der Waals surface area contributed by atoms with Crippen molar-refractivity contribution < 1.29 is 75.8 Å². The van der Waals surface area contributed by atoms with Crippen molar-refractivity contribution in [1.82, 2.24) is 0 Å². The van der Waals surface area contributed by atoms with Crippen molar-refractivity contribution in [2.24, 2.45) is 0 Å². The number of hydrogen-bond acceptors (Lipinski definition) is 14. The van der Waals surface area contributed by atoms with Crippen molar-refractivity contribution in [3.63, 3.8) is 0 Å². The Balaban J connectivity index is 4.72. The number of rotatable bonds is 65. The van der Waals surface area contributed by atoms with Crippen LogP contribution in [0.25, 0.3) is 0 Å². The molecule has 0 aliphatic carbocycles. The van der Waals surface area contributed by atoms with Crippen LogP contribution in [0.4, 0.5) is 0 Å². The summed E-state index contributed by atoms with van der Waals surface area (Å²) in [6.45, 7) is 2.44. The molecular formula is C73H124O16P2. The topological polar surface area (TPSA) is 231 Å². The van der Waals surface area contributed by atoms with E-state index >= 15 is 0 Å². The van der Waals surface area contributed by atoms with Crippen LogP contribution < -0.4 is 0 Å². The third kappa shape index (κ3) is 67.2. The summed E-state index contributed by atoms with van der Waals surface area (Å²) in [5.41, 5.74) is 0. The minimum atomic E-state index is -4.94. The summed E-state index contributed by atoms with van der Waals surface area (Å²) in [4.78, 5) is 58.4. The van der Waals surface area contributed by atoms with Gasteiger partial charge in [0, 0.05) is 19.3 Å². The van der Waals surface area contributed by atoms with Crippen molar-refractivity contribution in [3.8, 4) is 0 Å². The molecule has 91 heavy (non-hydrogen) atoms. The van der Waals surface area contributed by atoms with Gasteiger partial charge < -0.3 is 34.2 Å². The van der Waals surface area contributed by atoms with Gasteiger partial charge in [-0.1, -0.05) is 232 Å². The highest BCUT2D eigenvalue weighted by atomic mass is 31.2. The number of carbonyl (C=O) groups is 3. The molecule has 0 saturated heterocycles. The maximum atomic E-state index is 12.9. The molecule has 5 atom stereocenters. The maximum absolute atomic E-state index is 12.9. The van der Waals surface area contributed by atoms with Crippen molar-refractivity contribution in [2.45, 2.75) is 283 Å². The Morgan fingerprint density at radius 3 is 0.967 bits per heavy atom. The van der Waals surface area contributed by atoms with Crippen LogP contribution in [0, 0.1) is 0 Å². The van der Waals surface area contributed by atoms with E-state index < -0.39 is 91.5 Å². The van der Waals surface area contributed by atoms with Gasteiger partial charge in [0.2, 0.25) is 0 Å². The highest BCUT2D eigenvalue weighted by molar-refractivity contribution is 7.47. The molecule has 0 saturated carbocycles. The largest absolute Gasteiger partial charge is 0.472 e. The number of phosphoric acid groups is 2. The van der Waals surface area contributed by atoms with E-state index in [-0.39, 0.29) is 19.3 Å². The quantitative estimate of drug-likeness (QED) is 0.0146. The van der Waals surface area contributed by atoms with Gasteiger partial charge in [-0.05, 0) is 135 Å². The molecule has 0 rings (SSSR count). The molecule has 4 N–H and O–H groups in total. The zero-order valence-corrected chi connectivity index (χ0v) is 58.3. The standard InChI is InChI=1S/C73H124O16P2/c1-4-7-10-13-16-19-22-25-28-30-32-33-35-37-39-41-44-47-50-53-56-59-71(76)83-62-68(74)63-85-90(79,80)86-64-69(75)65-87-91(81,82)88-67-70(89-73(78)61-58-55-52-49-46-43-38-27-24-21-18-15-12-9-6-3)66-84-72(77)60-57-54-51-48-45-42-40-36-34-31-29-26-23-20-17-14-11-8-5-2/h8,11,16-17,19-20,25-29,32-34,36-39,42,45,68-70,74-75H,4-7,9-10,12-15,18,21-24,30-31,35,40-41,43-44,46-67H2,1-3H3,(H,79,80)(H,81,82)/b11-8-,19-16-,20-17-,28-25-,29-26-,33-32-,36-34-,38-27-,39-37-,45-42-. The van der Waals surface area contributed by atoms with Gasteiger partial charge in [0.15, 0.2) is 6.10 Å². The number of phosphoric ester groups is 2. The van der Waals surface area contributed by atoms with Gasteiger partial charge in [-0.25, -0.2) is 9.13 Å². The molecule has 16 nitrogen and oxygen atoms in total. The number of carbonyl (C=O) groups excluding carboxylic acids is 3. The molecule has 0 spiro atoms. The van der Waals surface area contributed by atoms with Crippen LogP contribution in [0.2, 0.25) is 0 Å². The van der Waals surface area contributed by atoms with E-state index in [0.717, 1.165) is 141 Å². The molecule has 0 aliphatic rings. The highest BCUT2D eigenvalue weighted by Crippen LogP contribution is 2.45. The Hall–Kier alpha value is -4.05. The van der Waals surface area contributed by atoms with Crippen LogP contribution in [-0.2, 0) is 55.8 Å². The molecule has 0 radical (unpaired) electrons. The number of unbranched alkanes of at least 4 members (excludes halogenated alkanes) is 22. The molecule has 0 aliphatic heterocycles. The average molecular weight is 1320 g/mol. The lowest BCUT2D eigenvalue weighted by Gasteiger charge is -2.21. The number of ether oxygens (including phenoxy) is 3. The van der Waals surface area contributed by atoms with E-state index in [4.69, 9.17) is 32.3 Å². The number of aliphatic hydroxyl groups is 2. The third-order valence-electron chi connectivity index (χ3n) is 14.1. The van der Waals surface area contributed by atoms with Crippen LogP contribution in [0.15, 0.2) is 122 Å². The summed E-state index contributed by atoms with van der Waals surface area (Å²) in [6.07, 6.45) is 75.3. The van der Waals surface area contributed by atoms with Gasteiger partial charge in [0.1, 0.15) is 25.4 Å². The molecule has 0 aromatic heterocycles. The Morgan fingerprint density at radius 1 is 0.319 bits per heavy atom. The molecule has 522 valence electrons. The van der Waals surface area contributed by atoms with Gasteiger partial charge in [-0.15, -0.1) is 0 Å². The second-order valence-corrected chi connectivity index (χ2v) is 25.8. The summed E-state index contributed by atoms with van der Waals surface area (Å²) < 4.78 is 60.9. The zero-order chi connectivity index (χ0) is 66.7. The summed E-state index contributed by atoms with van der Waals surface area (Å²) in [5.74, 6) is -1.64. The third-order valence-corrected chi connectivity index (χ3v) is 16.0. The first-order valence-electron chi connectivity index (χ1n) is 34.8. The fourth-order valence-electron chi connectivity index (χ4n) is 8.81. The smallest absolute Gasteiger partial charge is 0.463 e. The summed E-state index contributed by atoms with van der Waals surface area (Å²) in [6, 6.07) is 0. The van der Waals surface area contributed by atoms with Crippen LogP contribution in [0.5, 0.6) is 0 Å². The van der Waals surface area contributed by atoms with E-state index in [9.17, 15) is 43.5 Å². The molecule has 0 bridgehead atoms. The molecule has 0 heterocycles. The molecule has 5 unspecified atom stereocenters. The van der Waals surface area contributed by atoms with Crippen LogP contribution >= 0.6 is 15.6 Å². The van der Waals surface area contributed by atoms with Gasteiger partial charge in [0.25, 0.3) is 0 Å². The molecule has 18 heteroatoms. The first-order chi connectivity index (χ1) is 44.2. The van der Waals surface area contributed by atoms with Crippen LogP contribution in [0.1, 0.15) is 265 Å². The Bertz CT molecular complexity index is 2140. The van der Waals surface area contributed by atoms with Gasteiger partial charge in [0.05, 0.1) is 26.4 Å². The van der Waals surface area contributed by atoms with E-state index in [1.807, 2.05) is 0 Å².